The molecule has 1 heterocycles. The van der Waals surface area contributed by atoms with E-state index in [2.05, 4.69) is 20.8 Å². The summed E-state index contributed by atoms with van der Waals surface area (Å²) in [4.78, 5) is 12.6. The predicted octanol–water partition coefficient (Wildman–Crippen LogP) is 1.12. The van der Waals surface area contributed by atoms with E-state index < -0.39 is 0 Å². The zero-order valence-corrected chi connectivity index (χ0v) is 14.3. The summed E-state index contributed by atoms with van der Waals surface area (Å²) in [6.45, 7) is 3.82. The molecule has 1 aromatic heterocycles. The molecule has 23 heavy (non-hydrogen) atoms. The largest absolute Gasteiger partial charge is 0.394 e. The van der Waals surface area contributed by atoms with Gasteiger partial charge in [-0.1, -0.05) is 6.07 Å². The fourth-order valence-corrected chi connectivity index (χ4v) is 2.80. The number of rotatable bonds is 7. The summed E-state index contributed by atoms with van der Waals surface area (Å²) in [6.07, 6.45) is 4.18. The average Bonchev–Trinajstić information content (AvgIpc) is 3.07. The normalized spacial score (nSPS) is 12.2. The van der Waals surface area contributed by atoms with Gasteiger partial charge in [-0.2, -0.15) is 16.4 Å². The van der Waals surface area contributed by atoms with Gasteiger partial charge in [0.05, 0.1) is 23.9 Å². The molecule has 0 saturated heterocycles. The van der Waals surface area contributed by atoms with Crippen molar-refractivity contribution in [1.82, 2.24) is 25.5 Å². The number of amides is 1. The summed E-state index contributed by atoms with van der Waals surface area (Å²) in [5, 5.41) is 23.5. The van der Waals surface area contributed by atoms with Crippen molar-refractivity contribution in [2.24, 2.45) is 0 Å². The number of nitrogens with zero attached hydrogens (tertiary/aromatic N) is 4. The summed E-state index contributed by atoms with van der Waals surface area (Å²) in [5.41, 5.74) is 3.14. The van der Waals surface area contributed by atoms with E-state index in [1.165, 1.54) is 11.0 Å². The van der Waals surface area contributed by atoms with Crippen LogP contribution in [0.15, 0.2) is 18.5 Å². The lowest BCUT2D eigenvalue weighted by Gasteiger charge is -2.18. The third kappa shape index (κ3) is 4.08. The number of carbonyl (C=O) groups excluding carboxylic acids is 1. The lowest BCUT2D eigenvalue weighted by atomic mass is 10.0. The van der Waals surface area contributed by atoms with Crippen molar-refractivity contribution in [3.63, 3.8) is 0 Å². The monoisotopic (exact) mass is 335 g/mol. The highest BCUT2D eigenvalue weighted by molar-refractivity contribution is 7.98. The van der Waals surface area contributed by atoms with E-state index in [0.717, 1.165) is 16.9 Å². The van der Waals surface area contributed by atoms with E-state index in [1.807, 2.05) is 26.2 Å². The smallest absolute Gasteiger partial charge is 0.253 e. The molecule has 124 valence electrons. The van der Waals surface area contributed by atoms with Crippen LogP contribution in [0.4, 0.5) is 0 Å². The Hall–Kier alpha value is -1.93. The fourth-order valence-electron chi connectivity index (χ4n) is 2.28. The first kappa shape index (κ1) is 17.4. The zero-order valence-electron chi connectivity index (χ0n) is 13.5. The van der Waals surface area contributed by atoms with Crippen LogP contribution in [-0.4, -0.2) is 55.9 Å². The first-order valence-electron chi connectivity index (χ1n) is 7.32. The number of benzene rings is 1. The number of nitrogens with one attached hydrogen (secondary N) is 1. The van der Waals surface area contributed by atoms with Gasteiger partial charge in [0, 0.05) is 0 Å². The highest BCUT2D eigenvalue weighted by atomic mass is 32.2. The number of hydrogen-bond donors (Lipinski definition) is 2. The van der Waals surface area contributed by atoms with Crippen molar-refractivity contribution < 1.29 is 9.90 Å². The molecule has 0 saturated carbocycles. The van der Waals surface area contributed by atoms with Gasteiger partial charge in [-0.3, -0.25) is 4.79 Å². The minimum Gasteiger partial charge on any atom is -0.394 e. The third-order valence-corrected chi connectivity index (χ3v) is 4.39. The standard InChI is InChI=1S/C15H21N5O2S/c1-10-4-5-13(14(11(10)2)20-9-16-18-19-20)15(22)17-12(8-21)6-7-23-3/h4-5,9,12,21H,6-8H2,1-3H3,(H,17,22)/t12-/m0/s1. The number of thioether (sulfide) groups is 1. The Morgan fingerprint density at radius 1 is 1.43 bits per heavy atom. The topological polar surface area (TPSA) is 92.9 Å². The van der Waals surface area contributed by atoms with E-state index in [1.54, 1.807) is 17.8 Å². The first-order chi connectivity index (χ1) is 11.1. The Kier molecular flexibility index (Phi) is 6.12. The van der Waals surface area contributed by atoms with Crippen molar-refractivity contribution in [1.29, 1.82) is 0 Å². The van der Waals surface area contributed by atoms with Gasteiger partial charge in [0.1, 0.15) is 6.33 Å². The number of aryl methyl sites for hydroxylation is 1. The molecule has 1 atom stereocenters. The van der Waals surface area contributed by atoms with Crippen LogP contribution < -0.4 is 5.32 Å². The SMILES string of the molecule is CSCC[C@@H](CO)NC(=O)c1ccc(C)c(C)c1-n1cnnn1. The van der Waals surface area contributed by atoms with Crippen molar-refractivity contribution in [3.05, 3.63) is 35.2 Å². The van der Waals surface area contributed by atoms with Gasteiger partial charge in [0.2, 0.25) is 0 Å². The maximum atomic E-state index is 12.6. The maximum absolute atomic E-state index is 12.6. The van der Waals surface area contributed by atoms with E-state index in [-0.39, 0.29) is 18.6 Å². The molecule has 0 aliphatic carbocycles. The molecule has 0 radical (unpaired) electrons. The first-order valence-corrected chi connectivity index (χ1v) is 8.72. The van der Waals surface area contributed by atoms with Crippen LogP contribution in [0.5, 0.6) is 0 Å². The molecule has 0 bridgehead atoms. The number of aliphatic hydroxyl groups excluding tert-OH is 1. The fraction of sp³-hybridized carbons (Fsp3) is 0.467. The lowest BCUT2D eigenvalue weighted by molar-refractivity contribution is 0.0915. The number of aromatic nitrogens is 4. The molecule has 1 amide bonds. The van der Waals surface area contributed by atoms with Crippen molar-refractivity contribution >= 4 is 17.7 Å². The van der Waals surface area contributed by atoms with Crippen LogP contribution in [0, 0.1) is 13.8 Å². The van der Waals surface area contributed by atoms with Gasteiger partial charge in [-0.05, 0) is 59.9 Å². The van der Waals surface area contributed by atoms with Gasteiger partial charge >= 0.3 is 0 Å². The number of hydrogen-bond acceptors (Lipinski definition) is 6. The highest BCUT2D eigenvalue weighted by Crippen LogP contribution is 2.22. The Balaban J connectivity index is 2.32. The molecule has 0 aliphatic heterocycles. The Morgan fingerprint density at radius 3 is 2.83 bits per heavy atom. The molecule has 2 rings (SSSR count). The lowest BCUT2D eigenvalue weighted by Crippen LogP contribution is -2.38. The van der Waals surface area contributed by atoms with Crippen LogP contribution >= 0.6 is 11.8 Å². The van der Waals surface area contributed by atoms with Crippen LogP contribution in [0.2, 0.25) is 0 Å². The summed E-state index contributed by atoms with van der Waals surface area (Å²) in [5.74, 6) is 0.636. The summed E-state index contributed by atoms with van der Waals surface area (Å²) in [7, 11) is 0. The Morgan fingerprint density at radius 2 is 2.22 bits per heavy atom. The van der Waals surface area contributed by atoms with Gasteiger partial charge in [0.15, 0.2) is 0 Å². The molecule has 0 fully saturated rings. The van der Waals surface area contributed by atoms with Crippen molar-refractivity contribution in [2.75, 3.05) is 18.6 Å². The van der Waals surface area contributed by atoms with Crippen LogP contribution in [0.1, 0.15) is 27.9 Å². The van der Waals surface area contributed by atoms with Crippen LogP contribution in [0.25, 0.3) is 5.69 Å². The number of tetrazole rings is 1. The van der Waals surface area contributed by atoms with Crippen molar-refractivity contribution in [2.45, 2.75) is 26.3 Å². The summed E-state index contributed by atoms with van der Waals surface area (Å²) in [6, 6.07) is 3.39. The Labute approximate surface area is 139 Å². The Bertz CT molecular complexity index is 660. The van der Waals surface area contributed by atoms with Gasteiger partial charge in [-0.15, -0.1) is 5.10 Å². The maximum Gasteiger partial charge on any atom is 0.253 e. The number of carbonyl (C=O) groups is 1. The summed E-state index contributed by atoms with van der Waals surface area (Å²) < 4.78 is 1.49. The molecule has 7 nitrogen and oxygen atoms in total. The molecule has 1 aromatic carbocycles. The van der Waals surface area contributed by atoms with E-state index in [9.17, 15) is 9.90 Å². The predicted molar refractivity (Wildman–Crippen MR) is 90.0 cm³/mol. The molecule has 8 heteroatoms. The van der Waals surface area contributed by atoms with Gasteiger partial charge < -0.3 is 10.4 Å². The quantitative estimate of drug-likeness (QED) is 0.788. The van der Waals surface area contributed by atoms with E-state index in [0.29, 0.717) is 17.7 Å². The molecule has 0 spiro atoms. The molecule has 2 N–H and O–H groups in total. The zero-order chi connectivity index (χ0) is 16.8. The van der Waals surface area contributed by atoms with Crippen LogP contribution in [-0.2, 0) is 0 Å². The minimum absolute atomic E-state index is 0.0860. The minimum atomic E-state index is -0.265. The van der Waals surface area contributed by atoms with E-state index >= 15 is 0 Å². The van der Waals surface area contributed by atoms with Gasteiger partial charge in [-0.25, -0.2) is 0 Å². The third-order valence-electron chi connectivity index (χ3n) is 3.75. The molecular weight excluding hydrogens is 314 g/mol. The number of aliphatic hydroxyl groups is 1. The second kappa shape index (κ2) is 8.07. The second-order valence-corrected chi connectivity index (χ2v) is 6.28. The van der Waals surface area contributed by atoms with Gasteiger partial charge in [0.25, 0.3) is 5.91 Å². The van der Waals surface area contributed by atoms with Crippen molar-refractivity contribution in [3.8, 4) is 5.69 Å². The molecule has 0 aliphatic rings. The molecule has 0 unspecified atom stereocenters. The molecule has 2 aromatic rings. The van der Waals surface area contributed by atoms with E-state index in [4.69, 9.17) is 0 Å². The summed E-state index contributed by atoms with van der Waals surface area (Å²) >= 11 is 1.68. The highest BCUT2D eigenvalue weighted by Gasteiger charge is 2.19. The van der Waals surface area contributed by atoms with Crippen LogP contribution in [0.3, 0.4) is 0 Å². The molecular formula is C15H21N5O2S. The average molecular weight is 335 g/mol. The second-order valence-electron chi connectivity index (χ2n) is 5.29.